The fourth-order valence-electron chi connectivity index (χ4n) is 2.55. The number of hydrogen-bond acceptors (Lipinski definition) is 11. The summed E-state index contributed by atoms with van der Waals surface area (Å²) in [6, 6.07) is 0. The molecule has 0 unspecified atom stereocenters. The first-order chi connectivity index (χ1) is 10.8. The first-order valence-electron chi connectivity index (χ1n) is 7.08. The molecule has 2 aliphatic heterocycles. The fraction of sp³-hybridized carbons (Fsp3) is 1.00. The molecule has 23 heavy (non-hydrogen) atoms. The Bertz CT molecular complexity index is 380. The molecule has 0 aliphatic carbocycles. The lowest BCUT2D eigenvalue weighted by atomic mass is 9.97. The third-order valence-corrected chi connectivity index (χ3v) is 3.98. The Hall–Kier alpha value is -0.440. The van der Waals surface area contributed by atoms with Crippen molar-refractivity contribution in [3.05, 3.63) is 0 Å². The largest absolute Gasteiger partial charge is 0.394 e. The van der Waals surface area contributed by atoms with Crippen molar-refractivity contribution < 1.29 is 55.1 Å². The van der Waals surface area contributed by atoms with E-state index >= 15 is 0 Å². The van der Waals surface area contributed by atoms with Gasteiger partial charge in [0.05, 0.1) is 13.2 Å². The predicted molar refractivity (Wildman–Crippen MR) is 68.6 cm³/mol. The SMILES string of the molecule is OC[C@@H]1O[C@@H](O[C@H]2[C@@H](O)[C@H](O)[C@H](CO)O[C@H]2O)[C@H](O)[C@@H](O)[C@@H]1O. The summed E-state index contributed by atoms with van der Waals surface area (Å²) in [7, 11) is 0. The number of aliphatic hydroxyl groups is 8. The van der Waals surface area contributed by atoms with Crippen LogP contribution in [0.5, 0.6) is 0 Å². The molecule has 2 heterocycles. The second kappa shape index (κ2) is 7.63. The first kappa shape index (κ1) is 18.9. The molecule has 11 nitrogen and oxygen atoms in total. The molecular weight excluding hydrogens is 320 g/mol. The van der Waals surface area contributed by atoms with Gasteiger partial charge in [-0.2, -0.15) is 0 Å². The molecule has 0 radical (unpaired) electrons. The molecule has 10 atom stereocenters. The van der Waals surface area contributed by atoms with Gasteiger partial charge in [-0.25, -0.2) is 0 Å². The summed E-state index contributed by atoms with van der Waals surface area (Å²) in [6.45, 7) is -1.33. The van der Waals surface area contributed by atoms with Crippen LogP contribution in [-0.4, -0.2) is 115 Å². The fourth-order valence-corrected chi connectivity index (χ4v) is 2.55. The highest BCUT2D eigenvalue weighted by molar-refractivity contribution is 4.93. The summed E-state index contributed by atoms with van der Waals surface area (Å²) < 4.78 is 15.1. The molecule has 2 rings (SSSR count). The van der Waals surface area contributed by atoms with Crippen LogP contribution in [0, 0.1) is 0 Å². The minimum absolute atomic E-state index is 0.651. The Morgan fingerprint density at radius 1 is 0.652 bits per heavy atom. The molecule has 8 N–H and O–H groups in total. The van der Waals surface area contributed by atoms with Gasteiger partial charge in [0.1, 0.15) is 48.8 Å². The molecule has 0 amide bonds. The number of hydrogen-bond donors (Lipinski definition) is 8. The van der Waals surface area contributed by atoms with Crippen molar-refractivity contribution in [1.82, 2.24) is 0 Å². The van der Waals surface area contributed by atoms with Crippen LogP contribution in [0.15, 0.2) is 0 Å². The van der Waals surface area contributed by atoms with Gasteiger partial charge in [0.2, 0.25) is 0 Å². The Morgan fingerprint density at radius 2 is 1.17 bits per heavy atom. The highest BCUT2D eigenvalue weighted by atomic mass is 16.7. The number of rotatable bonds is 4. The maximum atomic E-state index is 9.94. The van der Waals surface area contributed by atoms with Crippen molar-refractivity contribution in [3.8, 4) is 0 Å². The minimum atomic E-state index is -1.75. The maximum absolute atomic E-state index is 9.94. The van der Waals surface area contributed by atoms with Crippen molar-refractivity contribution in [1.29, 1.82) is 0 Å². The summed E-state index contributed by atoms with van der Waals surface area (Å²) >= 11 is 0. The van der Waals surface area contributed by atoms with E-state index in [0.29, 0.717) is 0 Å². The molecule has 2 aliphatic rings. The molecule has 2 fully saturated rings. The molecule has 0 bridgehead atoms. The van der Waals surface area contributed by atoms with Gasteiger partial charge in [-0.15, -0.1) is 0 Å². The van der Waals surface area contributed by atoms with Crippen LogP contribution in [0.1, 0.15) is 0 Å². The monoisotopic (exact) mass is 342 g/mol. The predicted octanol–water partition coefficient (Wildman–Crippen LogP) is -5.40. The second-order valence-corrected chi connectivity index (χ2v) is 5.53. The van der Waals surface area contributed by atoms with Gasteiger partial charge in [-0.1, -0.05) is 0 Å². The Morgan fingerprint density at radius 3 is 1.74 bits per heavy atom. The van der Waals surface area contributed by atoms with Crippen molar-refractivity contribution >= 4 is 0 Å². The van der Waals surface area contributed by atoms with Crippen molar-refractivity contribution in [3.63, 3.8) is 0 Å². The van der Waals surface area contributed by atoms with E-state index in [1.807, 2.05) is 0 Å². The quantitative estimate of drug-likeness (QED) is 0.243. The third kappa shape index (κ3) is 3.65. The van der Waals surface area contributed by atoms with Crippen LogP contribution in [0.4, 0.5) is 0 Å². The first-order valence-corrected chi connectivity index (χ1v) is 7.08. The molecule has 0 aromatic heterocycles. The van der Waals surface area contributed by atoms with Crippen LogP contribution in [0.2, 0.25) is 0 Å². The Kier molecular flexibility index (Phi) is 6.27. The van der Waals surface area contributed by atoms with E-state index in [2.05, 4.69) is 0 Å². The van der Waals surface area contributed by atoms with Gasteiger partial charge < -0.3 is 55.1 Å². The smallest absolute Gasteiger partial charge is 0.187 e. The van der Waals surface area contributed by atoms with Crippen LogP contribution < -0.4 is 0 Å². The lowest BCUT2D eigenvalue weighted by Crippen LogP contribution is -2.64. The van der Waals surface area contributed by atoms with E-state index < -0.39 is 74.6 Å². The molecule has 2 saturated heterocycles. The number of aliphatic hydroxyl groups excluding tert-OH is 8. The van der Waals surface area contributed by atoms with Crippen molar-refractivity contribution in [2.24, 2.45) is 0 Å². The zero-order chi connectivity index (χ0) is 17.3. The van der Waals surface area contributed by atoms with E-state index in [9.17, 15) is 30.6 Å². The van der Waals surface area contributed by atoms with Crippen LogP contribution >= 0.6 is 0 Å². The van der Waals surface area contributed by atoms with E-state index in [1.165, 1.54) is 0 Å². The number of ether oxygens (including phenoxy) is 3. The van der Waals surface area contributed by atoms with E-state index in [0.717, 1.165) is 0 Å². The van der Waals surface area contributed by atoms with Gasteiger partial charge in [-0.3, -0.25) is 0 Å². The summed E-state index contributed by atoms with van der Waals surface area (Å²) in [6.07, 6.45) is -15.6. The van der Waals surface area contributed by atoms with E-state index in [1.54, 1.807) is 0 Å². The lowest BCUT2D eigenvalue weighted by molar-refractivity contribution is -0.361. The van der Waals surface area contributed by atoms with Crippen molar-refractivity contribution in [2.45, 2.75) is 61.4 Å². The average Bonchev–Trinajstić information content (AvgIpc) is 2.54. The highest BCUT2D eigenvalue weighted by Gasteiger charge is 2.50. The molecule has 0 aromatic rings. The zero-order valence-electron chi connectivity index (χ0n) is 12.0. The molecule has 0 aromatic carbocycles. The third-order valence-electron chi connectivity index (χ3n) is 3.98. The van der Waals surface area contributed by atoms with Gasteiger partial charge in [0.25, 0.3) is 0 Å². The van der Waals surface area contributed by atoms with E-state index in [-0.39, 0.29) is 0 Å². The van der Waals surface area contributed by atoms with Gasteiger partial charge in [-0.05, 0) is 0 Å². The molecule has 11 heteroatoms. The van der Waals surface area contributed by atoms with Crippen LogP contribution in [-0.2, 0) is 14.2 Å². The zero-order valence-corrected chi connectivity index (χ0v) is 12.0. The van der Waals surface area contributed by atoms with Gasteiger partial charge >= 0.3 is 0 Å². The lowest BCUT2D eigenvalue weighted by Gasteiger charge is -2.44. The normalized spacial score (nSPS) is 51.7. The summed E-state index contributed by atoms with van der Waals surface area (Å²) in [5.74, 6) is 0. The minimum Gasteiger partial charge on any atom is -0.394 e. The molecular formula is C12H22O11. The van der Waals surface area contributed by atoms with Crippen LogP contribution in [0.25, 0.3) is 0 Å². The van der Waals surface area contributed by atoms with Gasteiger partial charge in [0.15, 0.2) is 12.6 Å². The Labute approximate surface area is 130 Å². The highest BCUT2D eigenvalue weighted by Crippen LogP contribution is 2.28. The summed E-state index contributed by atoms with van der Waals surface area (Å²) in [5.41, 5.74) is 0. The Balaban J connectivity index is 2.08. The van der Waals surface area contributed by atoms with Crippen LogP contribution in [0.3, 0.4) is 0 Å². The summed E-state index contributed by atoms with van der Waals surface area (Å²) in [4.78, 5) is 0. The maximum Gasteiger partial charge on any atom is 0.187 e. The van der Waals surface area contributed by atoms with Crippen molar-refractivity contribution in [2.75, 3.05) is 13.2 Å². The molecule has 136 valence electrons. The molecule has 0 spiro atoms. The van der Waals surface area contributed by atoms with E-state index in [4.69, 9.17) is 24.4 Å². The molecule has 0 saturated carbocycles. The second-order valence-electron chi connectivity index (χ2n) is 5.53. The standard InChI is InChI=1S/C12H22O11/c13-1-3-6(16)8(18)10(11(20)21-3)23-12-9(19)7(17)5(15)4(2-14)22-12/h3-20H,1-2H2/t3-,4-,5+,6+,7-,8-,9+,10-,11+,12-/m0/s1. The van der Waals surface area contributed by atoms with Gasteiger partial charge in [0, 0.05) is 0 Å². The topological polar surface area (TPSA) is 190 Å². The summed E-state index contributed by atoms with van der Waals surface area (Å²) in [5, 5.41) is 76.7. The average molecular weight is 342 g/mol.